The third-order valence-electron chi connectivity index (χ3n) is 2.33. The quantitative estimate of drug-likeness (QED) is 0.742. The number of aliphatic hydroxyl groups excluding tert-OH is 1. The lowest BCUT2D eigenvalue weighted by molar-refractivity contribution is -0.264. The van der Waals surface area contributed by atoms with Crippen LogP contribution >= 0.6 is 0 Å². The van der Waals surface area contributed by atoms with Crippen molar-refractivity contribution in [3.05, 3.63) is 35.9 Å². The van der Waals surface area contributed by atoms with Gasteiger partial charge in [0.1, 0.15) is 6.10 Å². The molecule has 1 aromatic carbocycles. The van der Waals surface area contributed by atoms with Crippen LogP contribution in [0, 0.1) is 0 Å². The van der Waals surface area contributed by atoms with Crippen molar-refractivity contribution < 1.29 is 14.6 Å². The SMILES string of the molecule is COC(OC)(c1ccccc1)C(C)O. The van der Waals surface area contributed by atoms with Crippen LogP contribution < -0.4 is 0 Å². The summed E-state index contributed by atoms with van der Waals surface area (Å²) < 4.78 is 10.5. The van der Waals surface area contributed by atoms with E-state index in [-0.39, 0.29) is 0 Å². The Bertz CT molecular complexity index is 265. The average Bonchev–Trinajstić information content (AvgIpc) is 2.22. The molecule has 1 atom stereocenters. The second-order valence-corrected chi connectivity index (χ2v) is 3.12. The lowest BCUT2D eigenvalue weighted by atomic mass is 10.0. The Morgan fingerprint density at radius 1 is 1.14 bits per heavy atom. The fourth-order valence-corrected chi connectivity index (χ4v) is 1.57. The summed E-state index contributed by atoms with van der Waals surface area (Å²) in [5.74, 6) is -1.07. The van der Waals surface area contributed by atoms with Gasteiger partial charge < -0.3 is 14.6 Å². The monoisotopic (exact) mass is 196 g/mol. The number of methoxy groups -OCH3 is 2. The molecule has 0 aliphatic carbocycles. The molecule has 0 radical (unpaired) electrons. The second kappa shape index (κ2) is 4.55. The van der Waals surface area contributed by atoms with Gasteiger partial charge in [0, 0.05) is 19.8 Å². The van der Waals surface area contributed by atoms with E-state index < -0.39 is 11.9 Å². The molecule has 0 fully saturated rings. The summed E-state index contributed by atoms with van der Waals surface area (Å²) in [6.07, 6.45) is -0.736. The zero-order chi connectivity index (χ0) is 10.6. The molecule has 3 nitrogen and oxygen atoms in total. The van der Waals surface area contributed by atoms with Crippen molar-refractivity contribution in [2.75, 3.05) is 14.2 Å². The first-order valence-electron chi connectivity index (χ1n) is 4.51. The average molecular weight is 196 g/mol. The summed E-state index contributed by atoms with van der Waals surface area (Å²) in [5.41, 5.74) is 0.806. The van der Waals surface area contributed by atoms with Crippen LogP contribution in [0.1, 0.15) is 12.5 Å². The maximum Gasteiger partial charge on any atom is 0.221 e. The van der Waals surface area contributed by atoms with E-state index in [1.165, 1.54) is 14.2 Å². The Labute approximate surface area is 84.3 Å². The summed E-state index contributed by atoms with van der Waals surface area (Å²) in [7, 11) is 3.03. The normalized spacial score (nSPS) is 14.0. The van der Waals surface area contributed by atoms with Crippen LogP contribution in [-0.2, 0) is 15.3 Å². The molecule has 0 amide bonds. The molecule has 0 aliphatic heterocycles. The van der Waals surface area contributed by atoms with E-state index in [1.54, 1.807) is 6.92 Å². The van der Waals surface area contributed by atoms with Crippen molar-refractivity contribution in [1.82, 2.24) is 0 Å². The van der Waals surface area contributed by atoms with Crippen LogP contribution in [0.25, 0.3) is 0 Å². The highest BCUT2D eigenvalue weighted by molar-refractivity contribution is 5.21. The Hall–Kier alpha value is -0.900. The molecule has 1 unspecified atom stereocenters. The molecule has 0 aliphatic rings. The van der Waals surface area contributed by atoms with Gasteiger partial charge in [-0.3, -0.25) is 0 Å². The molecule has 1 aromatic rings. The Balaban J connectivity index is 3.11. The first-order valence-corrected chi connectivity index (χ1v) is 4.51. The summed E-state index contributed by atoms with van der Waals surface area (Å²) in [5, 5.41) is 9.67. The van der Waals surface area contributed by atoms with Crippen molar-refractivity contribution in [1.29, 1.82) is 0 Å². The molecule has 0 heterocycles. The van der Waals surface area contributed by atoms with E-state index in [1.807, 2.05) is 30.3 Å². The minimum absolute atomic E-state index is 0.736. The van der Waals surface area contributed by atoms with E-state index in [0.717, 1.165) is 5.56 Å². The number of benzene rings is 1. The summed E-state index contributed by atoms with van der Waals surface area (Å²) in [4.78, 5) is 0. The number of ether oxygens (including phenoxy) is 2. The summed E-state index contributed by atoms with van der Waals surface area (Å²) in [6, 6.07) is 9.38. The van der Waals surface area contributed by atoms with E-state index in [2.05, 4.69) is 0 Å². The first-order chi connectivity index (χ1) is 6.67. The van der Waals surface area contributed by atoms with Gasteiger partial charge in [0.25, 0.3) is 0 Å². The number of hydrogen-bond donors (Lipinski definition) is 1. The van der Waals surface area contributed by atoms with Crippen LogP contribution in [0.15, 0.2) is 30.3 Å². The van der Waals surface area contributed by atoms with E-state index in [9.17, 15) is 5.11 Å². The standard InChI is InChI=1S/C11H16O3/c1-9(12)11(13-2,14-3)10-7-5-4-6-8-10/h4-9,12H,1-3H3. The molecule has 1 N–H and O–H groups in total. The Morgan fingerprint density at radius 3 is 2.00 bits per heavy atom. The molecule has 3 heteroatoms. The van der Waals surface area contributed by atoms with Crippen molar-refractivity contribution >= 4 is 0 Å². The summed E-state index contributed by atoms with van der Waals surface area (Å²) in [6.45, 7) is 1.64. The van der Waals surface area contributed by atoms with Crippen molar-refractivity contribution in [2.24, 2.45) is 0 Å². The highest BCUT2D eigenvalue weighted by atomic mass is 16.7. The van der Waals surface area contributed by atoms with Crippen LogP contribution in [-0.4, -0.2) is 25.4 Å². The van der Waals surface area contributed by atoms with Gasteiger partial charge in [-0.1, -0.05) is 30.3 Å². The van der Waals surface area contributed by atoms with E-state index in [0.29, 0.717) is 0 Å². The van der Waals surface area contributed by atoms with Gasteiger partial charge in [0.15, 0.2) is 0 Å². The van der Waals surface area contributed by atoms with Crippen molar-refractivity contribution in [2.45, 2.75) is 18.8 Å². The fraction of sp³-hybridized carbons (Fsp3) is 0.455. The third kappa shape index (κ3) is 1.80. The zero-order valence-electron chi connectivity index (χ0n) is 8.73. The molecule has 78 valence electrons. The molecule has 0 saturated heterocycles. The van der Waals surface area contributed by atoms with Gasteiger partial charge in [-0.25, -0.2) is 0 Å². The lowest BCUT2D eigenvalue weighted by Crippen LogP contribution is -2.41. The third-order valence-corrected chi connectivity index (χ3v) is 2.33. The maximum atomic E-state index is 9.67. The van der Waals surface area contributed by atoms with Gasteiger partial charge in [-0.2, -0.15) is 0 Å². The molecule has 0 spiro atoms. The molecule has 1 rings (SSSR count). The zero-order valence-corrected chi connectivity index (χ0v) is 8.73. The topological polar surface area (TPSA) is 38.7 Å². The second-order valence-electron chi connectivity index (χ2n) is 3.12. The molecule has 0 aromatic heterocycles. The summed E-state index contributed by atoms with van der Waals surface area (Å²) >= 11 is 0. The smallest absolute Gasteiger partial charge is 0.221 e. The van der Waals surface area contributed by atoms with Crippen LogP contribution in [0.4, 0.5) is 0 Å². The molecular weight excluding hydrogens is 180 g/mol. The Morgan fingerprint density at radius 2 is 1.64 bits per heavy atom. The van der Waals surface area contributed by atoms with Crippen LogP contribution in [0.2, 0.25) is 0 Å². The number of rotatable bonds is 4. The van der Waals surface area contributed by atoms with Gasteiger partial charge in [0.2, 0.25) is 5.79 Å². The Kier molecular flexibility index (Phi) is 3.63. The van der Waals surface area contributed by atoms with Gasteiger partial charge in [0.05, 0.1) is 0 Å². The predicted molar refractivity (Wildman–Crippen MR) is 53.8 cm³/mol. The lowest BCUT2D eigenvalue weighted by Gasteiger charge is -2.33. The minimum atomic E-state index is -1.07. The van der Waals surface area contributed by atoms with Gasteiger partial charge >= 0.3 is 0 Å². The largest absolute Gasteiger partial charge is 0.387 e. The van der Waals surface area contributed by atoms with Gasteiger partial charge in [-0.15, -0.1) is 0 Å². The van der Waals surface area contributed by atoms with Crippen LogP contribution in [0.5, 0.6) is 0 Å². The predicted octanol–water partition coefficient (Wildman–Crippen LogP) is 1.51. The van der Waals surface area contributed by atoms with E-state index >= 15 is 0 Å². The minimum Gasteiger partial charge on any atom is -0.387 e. The van der Waals surface area contributed by atoms with E-state index in [4.69, 9.17) is 9.47 Å². The van der Waals surface area contributed by atoms with Crippen LogP contribution in [0.3, 0.4) is 0 Å². The first kappa shape index (κ1) is 11.2. The highest BCUT2D eigenvalue weighted by Crippen LogP contribution is 2.29. The van der Waals surface area contributed by atoms with Crippen molar-refractivity contribution in [3.63, 3.8) is 0 Å². The molecule has 0 saturated carbocycles. The maximum absolute atomic E-state index is 9.67. The molecule has 14 heavy (non-hydrogen) atoms. The van der Waals surface area contributed by atoms with Gasteiger partial charge in [-0.05, 0) is 6.92 Å². The van der Waals surface area contributed by atoms with Crippen molar-refractivity contribution in [3.8, 4) is 0 Å². The highest BCUT2D eigenvalue weighted by Gasteiger charge is 2.37. The number of hydrogen-bond acceptors (Lipinski definition) is 3. The molecular formula is C11H16O3. The number of aliphatic hydroxyl groups is 1. The fourth-order valence-electron chi connectivity index (χ4n) is 1.57. The molecule has 0 bridgehead atoms.